The summed E-state index contributed by atoms with van der Waals surface area (Å²) < 4.78 is 0. The van der Waals surface area contributed by atoms with Gasteiger partial charge in [-0.3, -0.25) is 24.6 Å². The van der Waals surface area contributed by atoms with Crippen molar-refractivity contribution in [1.82, 2.24) is 31.7 Å². The standard InChI is InChI=1S/C16H30N8O5/c1-10(2)24(13(27)9-21-15(29)23-22-12(26)7-17)16(3-5-19-6-4-16)14(28)20-8-11(18)25/h10,19H,3-9,17H2,1-2H3,(H2,18,25)(H,20,28)(H,22,26)(H2,21,23,29). The van der Waals surface area contributed by atoms with Gasteiger partial charge in [0.05, 0.1) is 19.6 Å². The molecular formula is C16H30N8O5. The first kappa shape index (κ1) is 24.1. The van der Waals surface area contributed by atoms with Gasteiger partial charge in [-0.1, -0.05) is 0 Å². The average Bonchev–Trinajstić information content (AvgIpc) is 2.68. The Balaban J connectivity index is 2.90. The van der Waals surface area contributed by atoms with E-state index >= 15 is 0 Å². The fraction of sp³-hybridized carbons (Fsp3) is 0.688. The number of nitrogens with two attached hydrogens (primary N) is 2. The van der Waals surface area contributed by atoms with E-state index in [1.54, 1.807) is 13.8 Å². The lowest BCUT2D eigenvalue weighted by Gasteiger charge is -2.47. The predicted molar refractivity (Wildman–Crippen MR) is 103 cm³/mol. The molecule has 1 rings (SSSR count). The predicted octanol–water partition coefficient (Wildman–Crippen LogP) is -3.76. The smallest absolute Gasteiger partial charge is 0.333 e. The molecule has 0 aliphatic carbocycles. The van der Waals surface area contributed by atoms with Crippen LogP contribution < -0.4 is 38.3 Å². The molecule has 0 aromatic heterocycles. The molecule has 0 radical (unpaired) electrons. The van der Waals surface area contributed by atoms with Gasteiger partial charge in [-0.25, -0.2) is 10.2 Å². The van der Waals surface area contributed by atoms with Gasteiger partial charge >= 0.3 is 6.03 Å². The zero-order valence-electron chi connectivity index (χ0n) is 16.7. The van der Waals surface area contributed by atoms with E-state index in [1.807, 2.05) is 0 Å². The number of amides is 6. The summed E-state index contributed by atoms with van der Waals surface area (Å²) in [7, 11) is 0. The molecule has 1 aliphatic heterocycles. The highest BCUT2D eigenvalue weighted by Gasteiger charge is 2.48. The minimum atomic E-state index is -1.18. The van der Waals surface area contributed by atoms with Gasteiger partial charge in [-0.2, -0.15) is 0 Å². The average molecular weight is 414 g/mol. The summed E-state index contributed by atoms with van der Waals surface area (Å²) in [5.41, 5.74) is 13.2. The summed E-state index contributed by atoms with van der Waals surface area (Å²) in [4.78, 5) is 61.1. The molecule has 1 aliphatic rings. The van der Waals surface area contributed by atoms with Crippen LogP contribution in [0.1, 0.15) is 26.7 Å². The van der Waals surface area contributed by atoms with E-state index in [1.165, 1.54) is 4.90 Å². The molecule has 1 saturated heterocycles. The topological polar surface area (TPSA) is 201 Å². The first-order valence-electron chi connectivity index (χ1n) is 9.26. The van der Waals surface area contributed by atoms with Crippen LogP contribution in [0.25, 0.3) is 0 Å². The van der Waals surface area contributed by atoms with Gasteiger partial charge in [0, 0.05) is 6.04 Å². The second-order valence-electron chi connectivity index (χ2n) is 6.85. The third-order valence-electron chi connectivity index (χ3n) is 4.42. The Morgan fingerprint density at radius 1 is 1.03 bits per heavy atom. The number of nitrogens with zero attached hydrogens (tertiary/aromatic N) is 1. The zero-order chi connectivity index (χ0) is 22.0. The summed E-state index contributed by atoms with van der Waals surface area (Å²) in [6.45, 7) is 3.46. The third-order valence-corrected chi connectivity index (χ3v) is 4.42. The number of hydrogen-bond donors (Lipinski definition) is 7. The van der Waals surface area contributed by atoms with Crippen LogP contribution in [0.15, 0.2) is 0 Å². The largest absolute Gasteiger partial charge is 0.368 e. The lowest BCUT2D eigenvalue weighted by Crippen LogP contribution is -2.67. The van der Waals surface area contributed by atoms with Gasteiger partial charge in [0.15, 0.2) is 0 Å². The van der Waals surface area contributed by atoms with Crippen LogP contribution >= 0.6 is 0 Å². The number of primary amides is 1. The van der Waals surface area contributed by atoms with Crippen molar-refractivity contribution in [2.75, 3.05) is 32.7 Å². The first-order valence-corrected chi connectivity index (χ1v) is 9.26. The van der Waals surface area contributed by atoms with Gasteiger partial charge in [0.1, 0.15) is 5.54 Å². The molecule has 13 heteroatoms. The summed E-state index contributed by atoms with van der Waals surface area (Å²) >= 11 is 0. The van der Waals surface area contributed by atoms with Crippen LogP contribution in [0.2, 0.25) is 0 Å². The summed E-state index contributed by atoms with van der Waals surface area (Å²) in [6, 6.07) is -1.16. The van der Waals surface area contributed by atoms with E-state index < -0.39 is 41.7 Å². The van der Waals surface area contributed by atoms with Crippen molar-refractivity contribution in [1.29, 1.82) is 0 Å². The number of hydrazine groups is 1. The monoisotopic (exact) mass is 414 g/mol. The van der Waals surface area contributed by atoms with Crippen LogP contribution in [0.3, 0.4) is 0 Å². The molecule has 0 bridgehead atoms. The van der Waals surface area contributed by atoms with Crippen molar-refractivity contribution in [3.8, 4) is 0 Å². The second kappa shape index (κ2) is 11.2. The number of piperidine rings is 1. The van der Waals surface area contributed by atoms with Crippen molar-refractivity contribution < 1.29 is 24.0 Å². The Morgan fingerprint density at radius 3 is 2.17 bits per heavy atom. The Hall–Kier alpha value is -2.93. The molecule has 1 fully saturated rings. The Labute approximate surface area is 168 Å². The number of carbonyl (C=O) groups excluding carboxylic acids is 5. The molecule has 13 nitrogen and oxygen atoms in total. The first-order chi connectivity index (χ1) is 13.6. The SMILES string of the molecule is CC(C)N(C(=O)CNC(=O)NNC(=O)CN)C1(C(=O)NCC(N)=O)CCNCC1. The van der Waals surface area contributed by atoms with E-state index in [2.05, 4.69) is 26.8 Å². The summed E-state index contributed by atoms with van der Waals surface area (Å²) in [6.07, 6.45) is 0.667. The highest BCUT2D eigenvalue weighted by atomic mass is 16.2. The molecule has 0 unspecified atom stereocenters. The zero-order valence-corrected chi connectivity index (χ0v) is 16.7. The highest BCUT2D eigenvalue weighted by Crippen LogP contribution is 2.29. The van der Waals surface area contributed by atoms with Crippen molar-refractivity contribution in [3.05, 3.63) is 0 Å². The van der Waals surface area contributed by atoms with Crippen molar-refractivity contribution in [2.45, 2.75) is 38.3 Å². The van der Waals surface area contributed by atoms with Crippen LogP contribution in [-0.2, 0) is 19.2 Å². The molecular weight excluding hydrogens is 384 g/mol. The fourth-order valence-corrected chi connectivity index (χ4v) is 3.23. The molecule has 0 saturated carbocycles. The molecule has 9 N–H and O–H groups in total. The molecule has 29 heavy (non-hydrogen) atoms. The molecule has 0 atom stereocenters. The lowest BCUT2D eigenvalue weighted by atomic mass is 9.84. The van der Waals surface area contributed by atoms with Gasteiger partial charge in [0.2, 0.25) is 17.7 Å². The van der Waals surface area contributed by atoms with Gasteiger partial charge < -0.3 is 32.3 Å². The maximum atomic E-state index is 12.9. The van der Waals surface area contributed by atoms with E-state index in [0.717, 1.165) is 0 Å². The molecule has 1 heterocycles. The maximum absolute atomic E-state index is 12.9. The molecule has 0 spiro atoms. The number of carbonyl (C=O) groups is 5. The van der Waals surface area contributed by atoms with Crippen LogP contribution in [0.4, 0.5) is 4.79 Å². The van der Waals surface area contributed by atoms with Gasteiger partial charge in [0.25, 0.3) is 5.91 Å². The second-order valence-corrected chi connectivity index (χ2v) is 6.85. The number of hydrogen-bond acceptors (Lipinski definition) is 7. The Kier molecular flexibility index (Phi) is 9.28. The quantitative estimate of drug-likeness (QED) is 0.198. The van der Waals surface area contributed by atoms with Crippen LogP contribution in [-0.4, -0.2) is 78.9 Å². The fourth-order valence-electron chi connectivity index (χ4n) is 3.23. The summed E-state index contributed by atoms with van der Waals surface area (Å²) in [5, 5.41) is 7.95. The molecule has 6 amide bonds. The minimum absolute atomic E-state index is 0.308. The van der Waals surface area contributed by atoms with Crippen LogP contribution in [0, 0.1) is 0 Å². The molecule has 0 aromatic carbocycles. The van der Waals surface area contributed by atoms with E-state index in [-0.39, 0.29) is 19.1 Å². The maximum Gasteiger partial charge on any atom is 0.333 e. The minimum Gasteiger partial charge on any atom is -0.368 e. The van der Waals surface area contributed by atoms with Gasteiger partial charge in [-0.05, 0) is 39.8 Å². The Morgan fingerprint density at radius 2 is 1.66 bits per heavy atom. The lowest BCUT2D eigenvalue weighted by molar-refractivity contribution is -0.152. The van der Waals surface area contributed by atoms with Crippen LogP contribution in [0.5, 0.6) is 0 Å². The third kappa shape index (κ3) is 6.87. The molecule has 164 valence electrons. The van der Waals surface area contributed by atoms with Crippen molar-refractivity contribution in [3.63, 3.8) is 0 Å². The van der Waals surface area contributed by atoms with E-state index in [9.17, 15) is 24.0 Å². The highest BCUT2D eigenvalue weighted by molar-refractivity contribution is 5.95. The van der Waals surface area contributed by atoms with E-state index in [0.29, 0.717) is 25.9 Å². The number of nitrogens with one attached hydrogen (secondary N) is 5. The summed E-state index contributed by atoms with van der Waals surface area (Å²) in [5.74, 6) is -2.26. The van der Waals surface area contributed by atoms with Gasteiger partial charge in [-0.15, -0.1) is 0 Å². The van der Waals surface area contributed by atoms with Crippen molar-refractivity contribution >= 4 is 29.7 Å². The normalized spacial score (nSPS) is 15.2. The van der Waals surface area contributed by atoms with E-state index in [4.69, 9.17) is 11.5 Å². The number of urea groups is 1. The number of rotatable bonds is 8. The van der Waals surface area contributed by atoms with Crippen molar-refractivity contribution in [2.24, 2.45) is 11.5 Å². The Bertz CT molecular complexity index is 633. The molecule has 0 aromatic rings.